The Morgan fingerprint density at radius 3 is 2.34 bits per heavy atom. The summed E-state index contributed by atoms with van der Waals surface area (Å²) in [5.74, 6) is -0.632. The Labute approximate surface area is 181 Å². The molecule has 1 aromatic heterocycles. The lowest BCUT2D eigenvalue weighted by Gasteiger charge is -2.17. The summed E-state index contributed by atoms with van der Waals surface area (Å²) in [5.41, 5.74) is 3.16. The summed E-state index contributed by atoms with van der Waals surface area (Å²) >= 11 is 0. The maximum atomic E-state index is 12.7. The van der Waals surface area contributed by atoms with Gasteiger partial charge in [0.1, 0.15) is 6.54 Å². The van der Waals surface area contributed by atoms with Crippen LogP contribution in [0.4, 0.5) is 13.2 Å². The number of carbonyl (C=O) groups excluding carboxylic acids is 1. The number of rotatable bonds is 5. The van der Waals surface area contributed by atoms with Crippen LogP contribution >= 0.6 is 0 Å². The molecule has 5 rings (SSSR count). The first-order valence-corrected chi connectivity index (χ1v) is 10.3. The van der Waals surface area contributed by atoms with Crippen molar-refractivity contribution < 1.29 is 23.1 Å². The first-order chi connectivity index (χ1) is 15.2. The van der Waals surface area contributed by atoms with Gasteiger partial charge in [-0.1, -0.05) is 30.3 Å². The fourth-order valence-electron chi connectivity index (χ4n) is 4.19. The maximum absolute atomic E-state index is 12.7. The molecular formula is C23H20F3N3O3. The highest BCUT2D eigenvalue weighted by molar-refractivity contribution is 5.99. The molecule has 0 bridgehead atoms. The predicted molar refractivity (Wildman–Crippen MR) is 110 cm³/mol. The van der Waals surface area contributed by atoms with Gasteiger partial charge in [-0.25, -0.2) is 4.79 Å². The van der Waals surface area contributed by atoms with Gasteiger partial charge in [-0.2, -0.15) is 13.2 Å². The largest absolute Gasteiger partial charge is 0.493 e. The summed E-state index contributed by atoms with van der Waals surface area (Å²) in [5, 5.41) is 10.0. The molecule has 0 atom stereocenters. The third-order valence-electron chi connectivity index (χ3n) is 5.88. The van der Waals surface area contributed by atoms with E-state index in [4.69, 9.17) is 0 Å². The average molecular weight is 443 g/mol. The summed E-state index contributed by atoms with van der Waals surface area (Å²) in [4.78, 5) is 25.5. The number of halogens is 3. The van der Waals surface area contributed by atoms with E-state index in [1.165, 1.54) is 15.3 Å². The van der Waals surface area contributed by atoms with Crippen molar-refractivity contribution in [2.45, 2.75) is 38.1 Å². The SMILES string of the molecule is O=C1c2ccc(-c3ccc(Cn4cc(O)n(C5CC5)c4=O)cc3)cc2CN1CC(F)(F)F. The van der Waals surface area contributed by atoms with Crippen molar-refractivity contribution in [2.24, 2.45) is 0 Å². The molecule has 1 aliphatic heterocycles. The first-order valence-electron chi connectivity index (χ1n) is 10.3. The molecule has 32 heavy (non-hydrogen) atoms. The lowest BCUT2D eigenvalue weighted by Crippen LogP contribution is -2.34. The second-order valence-corrected chi connectivity index (χ2v) is 8.34. The minimum absolute atomic E-state index is 0.0265. The fraction of sp³-hybridized carbons (Fsp3) is 0.304. The van der Waals surface area contributed by atoms with Crippen molar-refractivity contribution in [3.63, 3.8) is 0 Å². The van der Waals surface area contributed by atoms with E-state index in [2.05, 4.69) is 0 Å². The van der Waals surface area contributed by atoms with E-state index in [1.54, 1.807) is 18.2 Å². The average Bonchev–Trinajstić information content (AvgIpc) is 3.46. The van der Waals surface area contributed by atoms with E-state index in [-0.39, 0.29) is 24.2 Å². The quantitative estimate of drug-likeness (QED) is 0.650. The van der Waals surface area contributed by atoms with Crippen LogP contribution in [0.1, 0.15) is 40.4 Å². The van der Waals surface area contributed by atoms with Crippen LogP contribution in [0.3, 0.4) is 0 Å². The molecule has 2 aromatic carbocycles. The number of carbonyl (C=O) groups is 1. The Morgan fingerprint density at radius 2 is 1.69 bits per heavy atom. The van der Waals surface area contributed by atoms with Crippen LogP contribution in [-0.2, 0) is 13.1 Å². The van der Waals surface area contributed by atoms with Gasteiger partial charge in [-0.05, 0) is 47.2 Å². The second kappa shape index (κ2) is 7.29. The Morgan fingerprint density at radius 1 is 1.00 bits per heavy atom. The monoisotopic (exact) mass is 443 g/mol. The molecule has 0 unspecified atom stereocenters. The molecule has 9 heteroatoms. The van der Waals surface area contributed by atoms with E-state index in [1.807, 2.05) is 24.3 Å². The molecule has 1 amide bonds. The maximum Gasteiger partial charge on any atom is 0.406 e. The summed E-state index contributed by atoms with van der Waals surface area (Å²) < 4.78 is 41.0. The van der Waals surface area contributed by atoms with Crippen LogP contribution in [0.25, 0.3) is 11.1 Å². The summed E-state index contributed by atoms with van der Waals surface area (Å²) in [6.07, 6.45) is -1.20. The fourth-order valence-corrected chi connectivity index (χ4v) is 4.19. The van der Waals surface area contributed by atoms with Gasteiger partial charge in [-0.3, -0.25) is 13.9 Å². The third kappa shape index (κ3) is 3.79. The molecular weight excluding hydrogens is 423 g/mol. The number of aromatic nitrogens is 2. The smallest absolute Gasteiger partial charge is 0.406 e. The van der Waals surface area contributed by atoms with Crippen LogP contribution in [0.5, 0.6) is 5.88 Å². The number of hydrogen-bond acceptors (Lipinski definition) is 3. The van der Waals surface area contributed by atoms with Gasteiger partial charge in [0.05, 0.1) is 12.7 Å². The number of hydrogen-bond donors (Lipinski definition) is 1. The highest BCUT2D eigenvalue weighted by Crippen LogP contribution is 2.36. The number of amides is 1. The van der Waals surface area contributed by atoms with Crippen LogP contribution < -0.4 is 5.69 Å². The Balaban J connectivity index is 1.34. The van der Waals surface area contributed by atoms with Gasteiger partial charge < -0.3 is 10.0 Å². The molecule has 1 saturated carbocycles. The first kappa shape index (κ1) is 20.4. The van der Waals surface area contributed by atoms with E-state index in [0.717, 1.165) is 34.4 Å². The Kier molecular flexibility index (Phi) is 4.65. The van der Waals surface area contributed by atoms with Gasteiger partial charge in [0, 0.05) is 18.2 Å². The van der Waals surface area contributed by atoms with Crippen molar-refractivity contribution >= 4 is 5.91 Å². The van der Waals surface area contributed by atoms with Crippen molar-refractivity contribution in [2.75, 3.05) is 6.54 Å². The van der Waals surface area contributed by atoms with Crippen molar-refractivity contribution in [1.82, 2.24) is 14.0 Å². The summed E-state index contributed by atoms with van der Waals surface area (Å²) in [6, 6.07) is 12.6. The summed E-state index contributed by atoms with van der Waals surface area (Å²) in [6.45, 7) is -1.01. The molecule has 2 heterocycles. The molecule has 2 aliphatic rings. The minimum Gasteiger partial charge on any atom is -0.493 e. The summed E-state index contributed by atoms with van der Waals surface area (Å²) in [7, 11) is 0. The zero-order valence-electron chi connectivity index (χ0n) is 17.0. The van der Waals surface area contributed by atoms with Crippen LogP contribution in [0, 0.1) is 0 Å². The van der Waals surface area contributed by atoms with Crippen molar-refractivity contribution in [3.05, 3.63) is 75.8 Å². The third-order valence-corrected chi connectivity index (χ3v) is 5.88. The lowest BCUT2D eigenvalue weighted by atomic mass is 9.99. The molecule has 1 fully saturated rings. The number of nitrogens with zero attached hydrogens (tertiary/aromatic N) is 3. The van der Waals surface area contributed by atoms with E-state index in [9.17, 15) is 27.9 Å². The van der Waals surface area contributed by atoms with Crippen LogP contribution in [0.15, 0.2) is 53.5 Å². The molecule has 166 valence electrons. The molecule has 0 radical (unpaired) electrons. The van der Waals surface area contributed by atoms with E-state index >= 15 is 0 Å². The molecule has 1 aliphatic carbocycles. The molecule has 3 aromatic rings. The van der Waals surface area contributed by atoms with Gasteiger partial charge in [0.25, 0.3) is 5.91 Å². The standard InChI is InChI=1S/C23H20F3N3O3/c24-23(25,26)13-28-11-17-9-16(5-8-19(17)21(28)31)15-3-1-14(2-4-15)10-27-12-20(30)29(22(27)32)18-6-7-18/h1-5,8-9,12,18,30H,6-7,10-11,13H2. The highest BCUT2D eigenvalue weighted by Gasteiger charge is 2.37. The van der Waals surface area contributed by atoms with E-state index in [0.29, 0.717) is 17.7 Å². The minimum atomic E-state index is -4.44. The van der Waals surface area contributed by atoms with Crippen molar-refractivity contribution in [3.8, 4) is 17.0 Å². The van der Waals surface area contributed by atoms with Crippen molar-refractivity contribution in [1.29, 1.82) is 0 Å². The van der Waals surface area contributed by atoms with E-state index < -0.39 is 18.6 Å². The second-order valence-electron chi connectivity index (χ2n) is 8.34. The molecule has 0 saturated heterocycles. The van der Waals surface area contributed by atoms with Gasteiger partial charge >= 0.3 is 11.9 Å². The molecule has 6 nitrogen and oxygen atoms in total. The molecule has 0 spiro atoms. The van der Waals surface area contributed by atoms with Gasteiger partial charge in [-0.15, -0.1) is 0 Å². The lowest BCUT2D eigenvalue weighted by molar-refractivity contribution is -0.140. The Bertz CT molecular complexity index is 1250. The van der Waals surface area contributed by atoms with Gasteiger partial charge in [0.15, 0.2) is 0 Å². The number of aromatic hydroxyl groups is 1. The topological polar surface area (TPSA) is 67.5 Å². The highest BCUT2D eigenvalue weighted by atomic mass is 19.4. The zero-order chi connectivity index (χ0) is 22.6. The number of fused-ring (bicyclic) bond motifs is 1. The normalized spacial score (nSPS) is 16.0. The van der Waals surface area contributed by atoms with Crippen LogP contribution in [-0.4, -0.2) is 37.8 Å². The van der Waals surface area contributed by atoms with Gasteiger partial charge in [0.2, 0.25) is 5.88 Å². The number of alkyl halides is 3. The predicted octanol–water partition coefficient (Wildman–Crippen LogP) is 3.92. The Hall–Kier alpha value is -3.49. The van der Waals surface area contributed by atoms with Crippen LogP contribution in [0.2, 0.25) is 0 Å². The molecule has 1 N–H and O–H groups in total. The number of benzene rings is 2. The zero-order valence-corrected chi connectivity index (χ0v) is 17.0. The number of imidazole rings is 1.